The highest BCUT2D eigenvalue weighted by Gasteiger charge is 2.22. The van der Waals surface area contributed by atoms with Crippen molar-refractivity contribution in [3.8, 4) is 0 Å². The molecule has 5 nitrogen and oxygen atoms in total. The molecule has 0 aliphatic heterocycles. The Morgan fingerprint density at radius 3 is 2.33 bits per heavy atom. The Balaban J connectivity index is 3.25. The van der Waals surface area contributed by atoms with Gasteiger partial charge in [-0.3, -0.25) is 4.55 Å². The van der Waals surface area contributed by atoms with Crippen LogP contribution in [0.25, 0.3) is 0 Å². The zero-order valence-electron chi connectivity index (χ0n) is 10.9. The van der Waals surface area contributed by atoms with Crippen LogP contribution in [0.2, 0.25) is 0 Å². The van der Waals surface area contributed by atoms with Gasteiger partial charge in [-0.2, -0.15) is 8.42 Å². The molecule has 1 rings (SSSR count). The van der Waals surface area contributed by atoms with Gasteiger partial charge in [-0.05, 0) is 44.5 Å². The molecule has 0 spiro atoms. The second kappa shape index (κ2) is 5.58. The van der Waals surface area contributed by atoms with Crippen molar-refractivity contribution in [2.45, 2.75) is 26.0 Å². The van der Waals surface area contributed by atoms with Gasteiger partial charge in [0.2, 0.25) is 0 Å². The van der Waals surface area contributed by atoms with Gasteiger partial charge in [-0.15, -0.1) is 0 Å². The van der Waals surface area contributed by atoms with E-state index in [1.807, 2.05) is 19.9 Å². The molecule has 1 atom stereocenters. The highest BCUT2D eigenvalue weighted by molar-refractivity contribution is 7.86. The minimum atomic E-state index is -4.13. The summed E-state index contributed by atoms with van der Waals surface area (Å²) in [5, 5.41) is -1.02. The van der Waals surface area contributed by atoms with E-state index in [4.69, 9.17) is 10.3 Å². The summed E-state index contributed by atoms with van der Waals surface area (Å²) in [5.74, 6) is 0. The van der Waals surface area contributed by atoms with E-state index in [2.05, 4.69) is 4.90 Å². The van der Waals surface area contributed by atoms with E-state index in [0.29, 0.717) is 11.3 Å². The van der Waals surface area contributed by atoms with E-state index >= 15 is 0 Å². The summed E-state index contributed by atoms with van der Waals surface area (Å²) < 4.78 is 31.5. The first-order chi connectivity index (χ1) is 8.31. The third kappa shape index (κ3) is 3.14. The Morgan fingerprint density at radius 2 is 1.89 bits per heavy atom. The van der Waals surface area contributed by atoms with Gasteiger partial charge >= 0.3 is 0 Å². The molecule has 0 aromatic heterocycles. The fraction of sp³-hybridized carbons (Fsp3) is 0.500. The first kappa shape index (κ1) is 14.8. The van der Waals surface area contributed by atoms with Crippen molar-refractivity contribution in [2.75, 3.05) is 23.7 Å². The fourth-order valence-corrected chi connectivity index (χ4v) is 2.39. The molecule has 0 saturated carbocycles. The predicted molar refractivity (Wildman–Crippen MR) is 74.4 cm³/mol. The van der Waals surface area contributed by atoms with Gasteiger partial charge in [0.05, 0.1) is 0 Å². The van der Waals surface area contributed by atoms with Crippen LogP contribution in [0.4, 0.5) is 11.4 Å². The first-order valence-corrected chi connectivity index (χ1v) is 7.42. The zero-order chi connectivity index (χ0) is 13.9. The molecule has 0 amide bonds. The average molecular weight is 272 g/mol. The van der Waals surface area contributed by atoms with Crippen LogP contribution in [0.1, 0.15) is 31.6 Å². The van der Waals surface area contributed by atoms with Crippen LogP contribution in [0.5, 0.6) is 0 Å². The summed E-state index contributed by atoms with van der Waals surface area (Å²) in [5.41, 5.74) is 7.48. The number of nitrogens with two attached hydrogens (primary N) is 1. The van der Waals surface area contributed by atoms with Crippen LogP contribution >= 0.6 is 0 Å². The average Bonchev–Trinajstić information content (AvgIpc) is 2.30. The number of hydrogen-bond donors (Lipinski definition) is 2. The maximum absolute atomic E-state index is 11.2. The molecule has 3 N–H and O–H groups in total. The van der Waals surface area contributed by atoms with Crippen molar-refractivity contribution in [1.82, 2.24) is 0 Å². The van der Waals surface area contributed by atoms with Crippen LogP contribution in [0.3, 0.4) is 0 Å². The zero-order valence-corrected chi connectivity index (χ0v) is 11.7. The third-order valence-corrected chi connectivity index (χ3v) is 4.23. The van der Waals surface area contributed by atoms with Gasteiger partial charge in [-0.1, -0.05) is 0 Å². The molecule has 1 aromatic rings. The summed E-state index contributed by atoms with van der Waals surface area (Å²) in [6.07, 6.45) is 0. The number of anilines is 2. The summed E-state index contributed by atoms with van der Waals surface area (Å²) >= 11 is 0. The second-order valence-electron chi connectivity index (χ2n) is 4.14. The van der Waals surface area contributed by atoms with E-state index < -0.39 is 15.4 Å². The quantitative estimate of drug-likeness (QED) is 0.633. The predicted octanol–water partition coefficient (Wildman–Crippen LogP) is 2.06. The highest BCUT2D eigenvalue weighted by atomic mass is 32.2. The molecule has 6 heteroatoms. The lowest BCUT2D eigenvalue weighted by Gasteiger charge is -2.23. The number of nitrogens with zero attached hydrogens (tertiary/aromatic N) is 1. The molecule has 0 heterocycles. The number of nitrogen functional groups attached to an aromatic ring is 1. The molecule has 0 aliphatic carbocycles. The van der Waals surface area contributed by atoms with Crippen LogP contribution < -0.4 is 10.6 Å². The molecule has 18 heavy (non-hydrogen) atoms. The monoisotopic (exact) mass is 272 g/mol. The lowest BCUT2D eigenvalue weighted by Crippen LogP contribution is -2.22. The Hall–Kier alpha value is -1.27. The first-order valence-electron chi connectivity index (χ1n) is 5.91. The maximum Gasteiger partial charge on any atom is 0.271 e. The minimum absolute atomic E-state index is 0.371. The Labute approximate surface area is 108 Å². The van der Waals surface area contributed by atoms with Crippen LogP contribution in [0, 0.1) is 0 Å². The molecule has 1 aromatic carbocycles. The standard InChI is InChI=1S/C12H20N2O3S/c1-4-14(5-2)10-6-7-12(13)11(8-10)9(3)18(15,16)17/h6-9H,4-5,13H2,1-3H3,(H,15,16,17). The van der Waals surface area contributed by atoms with Gasteiger partial charge in [0.15, 0.2) is 0 Å². The smallest absolute Gasteiger partial charge is 0.271 e. The Bertz CT molecular complexity index is 510. The van der Waals surface area contributed by atoms with E-state index in [1.54, 1.807) is 12.1 Å². The number of rotatable bonds is 5. The second-order valence-corrected chi connectivity index (χ2v) is 5.88. The van der Waals surface area contributed by atoms with Crippen molar-refractivity contribution in [1.29, 1.82) is 0 Å². The van der Waals surface area contributed by atoms with Gasteiger partial charge < -0.3 is 10.6 Å². The lowest BCUT2D eigenvalue weighted by molar-refractivity contribution is 0.472. The normalized spacial score (nSPS) is 13.3. The molecule has 0 fully saturated rings. The van der Waals surface area contributed by atoms with E-state index in [1.165, 1.54) is 6.92 Å². The third-order valence-electron chi connectivity index (χ3n) is 3.08. The van der Waals surface area contributed by atoms with Crippen LogP contribution in [-0.4, -0.2) is 26.1 Å². The molecule has 102 valence electrons. The lowest BCUT2D eigenvalue weighted by atomic mass is 10.1. The molecule has 1 unspecified atom stereocenters. The van der Waals surface area contributed by atoms with Crippen molar-refractivity contribution < 1.29 is 13.0 Å². The van der Waals surface area contributed by atoms with E-state index in [0.717, 1.165) is 18.8 Å². The molecular weight excluding hydrogens is 252 g/mol. The van der Waals surface area contributed by atoms with Gasteiger partial charge in [-0.25, -0.2) is 0 Å². The number of hydrogen-bond acceptors (Lipinski definition) is 4. The SMILES string of the molecule is CCN(CC)c1ccc(N)c(C(C)S(=O)(=O)O)c1. The van der Waals surface area contributed by atoms with E-state index in [9.17, 15) is 8.42 Å². The summed E-state index contributed by atoms with van der Waals surface area (Å²) in [6, 6.07) is 5.24. The van der Waals surface area contributed by atoms with Crippen molar-refractivity contribution in [3.63, 3.8) is 0 Å². The fourth-order valence-electron chi connectivity index (χ4n) is 1.86. The van der Waals surface area contributed by atoms with Crippen LogP contribution in [0.15, 0.2) is 18.2 Å². The van der Waals surface area contributed by atoms with Crippen LogP contribution in [-0.2, 0) is 10.1 Å². The topological polar surface area (TPSA) is 83.6 Å². The largest absolute Gasteiger partial charge is 0.398 e. The van der Waals surface area contributed by atoms with Crippen molar-refractivity contribution >= 4 is 21.5 Å². The molecule has 0 radical (unpaired) electrons. The summed E-state index contributed by atoms with van der Waals surface area (Å²) in [6.45, 7) is 7.10. The highest BCUT2D eigenvalue weighted by Crippen LogP contribution is 2.30. The molecule has 0 saturated heterocycles. The van der Waals surface area contributed by atoms with Crippen molar-refractivity contribution in [3.05, 3.63) is 23.8 Å². The van der Waals surface area contributed by atoms with E-state index in [-0.39, 0.29) is 0 Å². The Morgan fingerprint density at radius 1 is 1.33 bits per heavy atom. The number of benzene rings is 1. The van der Waals surface area contributed by atoms with Crippen molar-refractivity contribution in [2.24, 2.45) is 0 Å². The van der Waals surface area contributed by atoms with Gasteiger partial charge in [0.25, 0.3) is 10.1 Å². The maximum atomic E-state index is 11.2. The summed E-state index contributed by atoms with van der Waals surface area (Å²) in [4.78, 5) is 2.08. The van der Waals surface area contributed by atoms with Gasteiger partial charge in [0.1, 0.15) is 5.25 Å². The molecular formula is C12H20N2O3S. The van der Waals surface area contributed by atoms with Gasteiger partial charge in [0, 0.05) is 24.5 Å². The minimum Gasteiger partial charge on any atom is -0.398 e. The molecule has 0 aliphatic rings. The Kier molecular flexibility index (Phi) is 4.59. The summed E-state index contributed by atoms with van der Waals surface area (Å²) in [7, 11) is -4.13. The molecule has 0 bridgehead atoms.